The molecule has 9 nitrogen and oxygen atoms in total. The largest absolute Gasteiger partial charge is 0.425 e. The van der Waals surface area contributed by atoms with Crippen LogP contribution in [0.2, 0.25) is 0 Å². The summed E-state index contributed by atoms with van der Waals surface area (Å²) >= 11 is 0. The van der Waals surface area contributed by atoms with Crippen molar-refractivity contribution in [3.8, 4) is 17.0 Å². The first kappa shape index (κ1) is 24.8. The topological polar surface area (TPSA) is 102 Å². The average molecular weight is 524 g/mol. The molecule has 1 unspecified atom stereocenters. The van der Waals surface area contributed by atoms with E-state index in [1.807, 2.05) is 31.3 Å². The zero-order valence-corrected chi connectivity index (χ0v) is 21.9. The number of nitrogens with zero attached hydrogens (tertiary/aromatic N) is 4. The summed E-state index contributed by atoms with van der Waals surface area (Å²) in [6.07, 6.45) is 4.60. The van der Waals surface area contributed by atoms with Gasteiger partial charge in [0.2, 0.25) is 5.78 Å². The zero-order valence-electron chi connectivity index (χ0n) is 21.9. The van der Waals surface area contributed by atoms with E-state index in [1.54, 1.807) is 22.7 Å². The van der Waals surface area contributed by atoms with E-state index in [2.05, 4.69) is 44.5 Å². The second-order valence-corrected chi connectivity index (χ2v) is 10.1. The van der Waals surface area contributed by atoms with E-state index in [4.69, 9.17) is 9.15 Å². The lowest BCUT2D eigenvalue weighted by molar-refractivity contribution is -0.131. The fourth-order valence-corrected chi connectivity index (χ4v) is 5.16. The van der Waals surface area contributed by atoms with Gasteiger partial charge < -0.3 is 14.5 Å². The third-order valence-corrected chi connectivity index (χ3v) is 7.04. The van der Waals surface area contributed by atoms with Crippen molar-refractivity contribution in [2.45, 2.75) is 26.8 Å². The van der Waals surface area contributed by atoms with E-state index >= 15 is 0 Å². The summed E-state index contributed by atoms with van der Waals surface area (Å²) in [5.74, 6) is 0.548. The van der Waals surface area contributed by atoms with Crippen LogP contribution in [-0.4, -0.2) is 44.9 Å². The van der Waals surface area contributed by atoms with E-state index in [1.165, 1.54) is 12.5 Å². The summed E-state index contributed by atoms with van der Waals surface area (Å²) in [5, 5.41) is 4.01. The summed E-state index contributed by atoms with van der Waals surface area (Å²) in [6.45, 7) is 7.03. The van der Waals surface area contributed by atoms with Crippen LogP contribution in [0, 0.1) is 12.8 Å². The van der Waals surface area contributed by atoms with E-state index < -0.39 is 11.6 Å². The maximum Gasteiger partial charge on any atom is 0.349 e. The Kier molecular flexibility index (Phi) is 6.58. The highest BCUT2D eigenvalue weighted by molar-refractivity contribution is 5.94. The van der Waals surface area contributed by atoms with Gasteiger partial charge in [-0.1, -0.05) is 30.3 Å². The monoisotopic (exact) mass is 523 g/mol. The molecule has 0 aliphatic carbocycles. The molecule has 0 saturated carbocycles. The van der Waals surface area contributed by atoms with Gasteiger partial charge in [-0.05, 0) is 49.6 Å². The van der Waals surface area contributed by atoms with Crippen molar-refractivity contribution < 1.29 is 13.9 Å². The molecule has 0 radical (unpaired) electrons. The summed E-state index contributed by atoms with van der Waals surface area (Å²) in [4.78, 5) is 36.6. The van der Waals surface area contributed by atoms with Crippen molar-refractivity contribution in [3.05, 3.63) is 88.7 Å². The van der Waals surface area contributed by atoms with Crippen LogP contribution in [0.1, 0.15) is 24.6 Å². The van der Waals surface area contributed by atoms with Crippen LogP contribution in [0.15, 0.2) is 76.2 Å². The second-order valence-electron chi connectivity index (χ2n) is 10.1. The maximum absolute atomic E-state index is 13.2. The molecule has 1 fully saturated rings. The minimum absolute atomic E-state index is 0.0889. The number of carbonyl (C=O) groups is 1. The lowest BCUT2D eigenvalue weighted by Gasteiger charge is -2.17. The first-order valence-electron chi connectivity index (χ1n) is 13.0. The Bertz CT molecular complexity index is 1730. The Morgan fingerprint density at radius 1 is 1.15 bits per heavy atom. The Morgan fingerprint density at radius 2 is 2.00 bits per heavy atom. The molecule has 1 aliphatic rings. The Hall–Kier alpha value is -4.50. The minimum atomic E-state index is -0.636. The number of hydrogen-bond donors (Lipinski definition) is 1. The van der Waals surface area contributed by atoms with Gasteiger partial charge in [0.25, 0.3) is 0 Å². The van der Waals surface area contributed by atoms with Gasteiger partial charge in [-0.3, -0.25) is 14.1 Å². The van der Waals surface area contributed by atoms with Gasteiger partial charge in [0.1, 0.15) is 16.8 Å². The third-order valence-electron chi connectivity index (χ3n) is 7.04. The first-order valence-corrected chi connectivity index (χ1v) is 13.0. The maximum atomic E-state index is 13.2. The molecular weight excluding hydrogens is 494 g/mol. The van der Waals surface area contributed by atoms with Gasteiger partial charge in [-0.2, -0.15) is 0 Å². The number of esters is 1. The molecule has 2 aromatic carbocycles. The van der Waals surface area contributed by atoms with Crippen LogP contribution >= 0.6 is 0 Å². The highest BCUT2D eigenvalue weighted by Gasteiger charge is 2.24. The molecule has 6 rings (SSSR count). The molecule has 5 aromatic rings. The van der Waals surface area contributed by atoms with Crippen molar-refractivity contribution in [3.63, 3.8) is 0 Å². The number of hydrogen-bond acceptors (Lipinski definition) is 8. The predicted octanol–water partition coefficient (Wildman–Crippen LogP) is 4.67. The highest BCUT2D eigenvalue weighted by atomic mass is 16.5. The van der Waals surface area contributed by atoms with E-state index in [0.717, 1.165) is 44.0 Å². The average Bonchev–Trinajstić information content (AvgIpc) is 3.53. The quantitative estimate of drug-likeness (QED) is 0.243. The fraction of sp³-hybridized carbons (Fsp3) is 0.267. The number of likely N-dealkylation sites (tertiary alicyclic amines) is 1. The van der Waals surface area contributed by atoms with Gasteiger partial charge in [0.05, 0.1) is 5.39 Å². The van der Waals surface area contributed by atoms with Crippen LogP contribution in [0.5, 0.6) is 5.75 Å². The molecule has 0 amide bonds. The summed E-state index contributed by atoms with van der Waals surface area (Å²) < 4.78 is 13.0. The van der Waals surface area contributed by atoms with Crippen LogP contribution in [0.25, 0.3) is 28.0 Å². The number of aryl methyl sites for hydroxylation is 1. The van der Waals surface area contributed by atoms with Gasteiger partial charge in [-0.15, -0.1) is 0 Å². The lowest BCUT2D eigenvalue weighted by atomic mass is 10.1. The summed E-state index contributed by atoms with van der Waals surface area (Å²) in [6, 6.07) is 17.9. The van der Waals surface area contributed by atoms with Crippen molar-refractivity contribution in [1.82, 2.24) is 19.3 Å². The molecular formula is C30H29N5O4. The summed E-state index contributed by atoms with van der Waals surface area (Å²) in [5.41, 5.74) is 3.07. The third kappa shape index (κ3) is 5.26. The Balaban J connectivity index is 1.24. The van der Waals surface area contributed by atoms with Crippen molar-refractivity contribution >= 4 is 28.4 Å². The van der Waals surface area contributed by atoms with E-state index in [0.29, 0.717) is 28.4 Å². The number of aromatic nitrogens is 3. The van der Waals surface area contributed by atoms with Crippen molar-refractivity contribution in [2.24, 2.45) is 5.92 Å². The molecule has 0 spiro atoms. The number of imidazole rings is 1. The number of benzene rings is 2. The van der Waals surface area contributed by atoms with Gasteiger partial charge >= 0.3 is 11.6 Å². The molecule has 198 valence electrons. The molecule has 1 aliphatic heterocycles. The van der Waals surface area contributed by atoms with Gasteiger partial charge in [-0.25, -0.2) is 14.8 Å². The van der Waals surface area contributed by atoms with Crippen molar-refractivity contribution in [1.29, 1.82) is 0 Å². The predicted molar refractivity (Wildman–Crippen MR) is 149 cm³/mol. The van der Waals surface area contributed by atoms with Crippen LogP contribution in [0.3, 0.4) is 0 Å². The Morgan fingerprint density at radius 3 is 2.82 bits per heavy atom. The molecule has 9 heteroatoms. The minimum Gasteiger partial charge on any atom is -0.425 e. The normalized spacial score (nSPS) is 15.7. The molecule has 39 heavy (non-hydrogen) atoms. The Labute approximate surface area is 225 Å². The standard InChI is InChI=1S/C30H29N5O4/c1-19-10-13-35-18-25(33-30(35)32-19)27-28(38-20(2)36)24-9-8-23(14-26(24)39-29(27)37)31-15-22-11-12-34(17-22)16-21-6-4-3-5-7-21/h3-10,13-14,18,22,31H,11-12,15-17H2,1-2H3. The second kappa shape index (κ2) is 10.3. The summed E-state index contributed by atoms with van der Waals surface area (Å²) in [7, 11) is 0. The SMILES string of the molecule is CC(=O)Oc1c(-c2cn3ccc(C)nc3n2)c(=O)oc2cc(NCC3CCN(Cc4ccccc4)C3)ccc12. The number of rotatable bonds is 7. The number of ether oxygens (including phenoxy) is 1. The first-order chi connectivity index (χ1) is 18.9. The highest BCUT2D eigenvalue weighted by Crippen LogP contribution is 2.35. The number of nitrogens with one attached hydrogen (secondary N) is 1. The van der Waals surface area contributed by atoms with E-state index in [9.17, 15) is 9.59 Å². The van der Waals surface area contributed by atoms with E-state index in [-0.39, 0.29) is 11.3 Å². The number of anilines is 1. The van der Waals surface area contributed by atoms with Crippen LogP contribution in [0.4, 0.5) is 5.69 Å². The van der Waals surface area contributed by atoms with Gasteiger partial charge in [0, 0.05) is 56.4 Å². The van der Waals surface area contributed by atoms with Gasteiger partial charge in [0.15, 0.2) is 5.75 Å². The lowest BCUT2D eigenvalue weighted by Crippen LogP contribution is -2.22. The molecule has 4 heterocycles. The van der Waals surface area contributed by atoms with Crippen LogP contribution < -0.4 is 15.7 Å². The molecule has 1 N–H and O–H groups in total. The number of carbonyl (C=O) groups excluding carboxylic acids is 1. The van der Waals surface area contributed by atoms with Crippen LogP contribution in [-0.2, 0) is 11.3 Å². The zero-order chi connectivity index (χ0) is 26.9. The molecule has 1 atom stereocenters. The smallest absolute Gasteiger partial charge is 0.349 e. The van der Waals surface area contributed by atoms with Crippen molar-refractivity contribution in [2.75, 3.05) is 25.0 Å². The fourth-order valence-electron chi connectivity index (χ4n) is 5.16. The molecule has 0 bridgehead atoms. The molecule has 1 saturated heterocycles. The molecule has 3 aromatic heterocycles. The number of fused-ring (bicyclic) bond motifs is 2.